The monoisotopic (exact) mass is 241 g/mol. The van der Waals surface area contributed by atoms with Crippen molar-refractivity contribution >= 4 is 17.7 Å². The number of H-pyrrole nitrogens is 1. The van der Waals surface area contributed by atoms with Gasteiger partial charge in [-0.05, 0) is 32.3 Å². The fourth-order valence-electron chi connectivity index (χ4n) is 1.44. The van der Waals surface area contributed by atoms with Crippen molar-refractivity contribution < 1.29 is 4.79 Å². The zero-order valence-electron chi connectivity index (χ0n) is 10.3. The summed E-state index contributed by atoms with van der Waals surface area (Å²) in [5.41, 5.74) is 1.49. The van der Waals surface area contributed by atoms with E-state index in [1.54, 1.807) is 22.9 Å². The number of hydrogen-bond donors (Lipinski definition) is 1. The molecule has 1 unspecified atom stereocenters. The van der Waals surface area contributed by atoms with Crippen LogP contribution in [0.4, 0.5) is 0 Å². The summed E-state index contributed by atoms with van der Waals surface area (Å²) in [6.45, 7) is 3.93. The Morgan fingerprint density at radius 1 is 1.69 bits per heavy atom. The molecule has 0 fully saturated rings. The SMILES string of the molecule is CSCCC(C)N(C)C(=O)c1cn[nH]c1C. The molecule has 1 atom stereocenters. The number of nitrogens with one attached hydrogen (secondary N) is 1. The van der Waals surface area contributed by atoms with Crippen molar-refractivity contribution in [3.05, 3.63) is 17.5 Å². The molecule has 1 aromatic heterocycles. The summed E-state index contributed by atoms with van der Waals surface area (Å²) in [5, 5.41) is 6.65. The molecule has 0 aliphatic heterocycles. The van der Waals surface area contributed by atoms with E-state index in [4.69, 9.17) is 0 Å². The van der Waals surface area contributed by atoms with E-state index in [0.29, 0.717) is 5.56 Å². The molecule has 4 nitrogen and oxygen atoms in total. The summed E-state index contributed by atoms with van der Waals surface area (Å²) in [6, 6.07) is 0.259. The van der Waals surface area contributed by atoms with Crippen molar-refractivity contribution in [2.75, 3.05) is 19.1 Å². The molecule has 0 aromatic carbocycles. The third-order valence-electron chi connectivity index (χ3n) is 2.78. The van der Waals surface area contributed by atoms with Gasteiger partial charge in [0.05, 0.1) is 11.8 Å². The van der Waals surface area contributed by atoms with Gasteiger partial charge in [0.25, 0.3) is 5.91 Å². The summed E-state index contributed by atoms with van der Waals surface area (Å²) >= 11 is 1.80. The van der Waals surface area contributed by atoms with Crippen LogP contribution in [0.15, 0.2) is 6.20 Å². The molecule has 1 N–H and O–H groups in total. The molecule has 16 heavy (non-hydrogen) atoms. The standard InChI is InChI=1S/C11H19N3OS/c1-8(5-6-16-4)14(3)11(15)10-7-12-13-9(10)2/h7-8H,5-6H2,1-4H3,(H,12,13). The average molecular weight is 241 g/mol. The maximum atomic E-state index is 12.1. The minimum atomic E-state index is 0.0415. The Morgan fingerprint density at radius 2 is 2.38 bits per heavy atom. The van der Waals surface area contributed by atoms with Crippen molar-refractivity contribution in [3.8, 4) is 0 Å². The maximum absolute atomic E-state index is 12.1. The van der Waals surface area contributed by atoms with Crippen LogP contribution >= 0.6 is 11.8 Å². The number of aromatic amines is 1. The first-order valence-corrected chi connectivity index (χ1v) is 6.73. The Labute approximate surface area is 101 Å². The van der Waals surface area contributed by atoms with E-state index in [1.807, 2.05) is 14.0 Å². The van der Waals surface area contributed by atoms with Gasteiger partial charge in [0.1, 0.15) is 0 Å². The Hall–Kier alpha value is -0.970. The summed E-state index contributed by atoms with van der Waals surface area (Å²) in [6.07, 6.45) is 4.69. The molecule has 1 rings (SSSR count). The van der Waals surface area contributed by atoms with Crippen LogP contribution in [0.2, 0.25) is 0 Å². The molecule has 0 saturated carbocycles. The van der Waals surface area contributed by atoms with Gasteiger partial charge in [0.15, 0.2) is 0 Å². The van der Waals surface area contributed by atoms with E-state index in [2.05, 4.69) is 23.4 Å². The highest BCUT2D eigenvalue weighted by Gasteiger charge is 2.19. The Kier molecular flexibility index (Phi) is 4.86. The van der Waals surface area contributed by atoms with Gasteiger partial charge >= 0.3 is 0 Å². The lowest BCUT2D eigenvalue weighted by atomic mass is 10.2. The van der Waals surface area contributed by atoms with Crippen LogP contribution in [0.1, 0.15) is 29.4 Å². The molecule has 1 amide bonds. The smallest absolute Gasteiger partial charge is 0.257 e. The molecule has 0 saturated heterocycles. The van der Waals surface area contributed by atoms with Crippen LogP contribution in [0.25, 0.3) is 0 Å². The molecule has 0 bridgehead atoms. The zero-order valence-corrected chi connectivity index (χ0v) is 11.1. The van der Waals surface area contributed by atoms with Crippen molar-refractivity contribution in [2.45, 2.75) is 26.3 Å². The number of aromatic nitrogens is 2. The quantitative estimate of drug-likeness (QED) is 0.857. The number of amides is 1. The van der Waals surface area contributed by atoms with Crippen LogP contribution in [-0.2, 0) is 0 Å². The van der Waals surface area contributed by atoms with Gasteiger partial charge in [-0.25, -0.2) is 0 Å². The Bertz CT molecular complexity index is 351. The van der Waals surface area contributed by atoms with Gasteiger partial charge in [-0.2, -0.15) is 16.9 Å². The van der Waals surface area contributed by atoms with Gasteiger partial charge in [-0.3, -0.25) is 9.89 Å². The molecule has 0 aliphatic carbocycles. The highest BCUT2D eigenvalue weighted by molar-refractivity contribution is 7.98. The third kappa shape index (κ3) is 3.01. The predicted octanol–water partition coefficient (Wildman–Crippen LogP) is 1.93. The summed E-state index contributed by atoms with van der Waals surface area (Å²) < 4.78 is 0. The maximum Gasteiger partial charge on any atom is 0.257 e. The molecule has 0 spiro atoms. The summed E-state index contributed by atoms with van der Waals surface area (Å²) in [4.78, 5) is 13.9. The average Bonchev–Trinajstić information content (AvgIpc) is 2.70. The zero-order chi connectivity index (χ0) is 12.1. The van der Waals surface area contributed by atoms with Crippen molar-refractivity contribution in [1.82, 2.24) is 15.1 Å². The second-order valence-electron chi connectivity index (χ2n) is 3.96. The second-order valence-corrected chi connectivity index (χ2v) is 4.94. The van der Waals surface area contributed by atoms with Crippen molar-refractivity contribution in [2.24, 2.45) is 0 Å². The number of thioether (sulfide) groups is 1. The van der Waals surface area contributed by atoms with E-state index in [1.165, 1.54) is 0 Å². The highest BCUT2D eigenvalue weighted by atomic mass is 32.2. The van der Waals surface area contributed by atoms with Crippen LogP contribution in [0, 0.1) is 6.92 Å². The van der Waals surface area contributed by atoms with E-state index < -0.39 is 0 Å². The predicted molar refractivity (Wildman–Crippen MR) is 67.9 cm³/mol. The Morgan fingerprint density at radius 3 is 2.88 bits per heavy atom. The highest BCUT2D eigenvalue weighted by Crippen LogP contribution is 2.12. The van der Waals surface area contributed by atoms with Crippen molar-refractivity contribution in [3.63, 3.8) is 0 Å². The first-order valence-electron chi connectivity index (χ1n) is 5.34. The second kappa shape index (κ2) is 5.94. The number of aryl methyl sites for hydroxylation is 1. The van der Waals surface area contributed by atoms with Gasteiger partial charge in [0.2, 0.25) is 0 Å². The fraction of sp³-hybridized carbons (Fsp3) is 0.636. The van der Waals surface area contributed by atoms with Gasteiger partial charge in [0, 0.05) is 18.8 Å². The summed E-state index contributed by atoms with van der Waals surface area (Å²) in [7, 11) is 1.85. The van der Waals surface area contributed by atoms with Crippen LogP contribution < -0.4 is 0 Å². The molecular formula is C11H19N3OS. The van der Waals surface area contributed by atoms with Crippen LogP contribution in [0.5, 0.6) is 0 Å². The van der Waals surface area contributed by atoms with E-state index >= 15 is 0 Å². The van der Waals surface area contributed by atoms with Gasteiger partial charge in [-0.15, -0.1) is 0 Å². The minimum Gasteiger partial charge on any atom is -0.339 e. The number of hydrogen-bond acceptors (Lipinski definition) is 3. The lowest BCUT2D eigenvalue weighted by molar-refractivity contribution is 0.0741. The summed E-state index contributed by atoms with van der Waals surface area (Å²) in [5.74, 6) is 1.11. The van der Waals surface area contributed by atoms with Gasteiger partial charge < -0.3 is 4.90 Å². The van der Waals surface area contributed by atoms with Gasteiger partial charge in [-0.1, -0.05) is 0 Å². The minimum absolute atomic E-state index is 0.0415. The number of carbonyl (C=O) groups is 1. The fourth-order valence-corrected chi connectivity index (χ4v) is 2.02. The van der Waals surface area contributed by atoms with E-state index in [-0.39, 0.29) is 11.9 Å². The molecule has 1 aromatic rings. The number of nitrogens with zero attached hydrogens (tertiary/aromatic N) is 2. The first kappa shape index (κ1) is 13.1. The largest absolute Gasteiger partial charge is 0.339 e. The number of carbonyl (C=O) groups excluding carboxylic acids is 1. The molecule has 90 valence electrons. The lowest BCUT2D eigenvalue weighted by Crippen LogP contribution is -2.35. The molecule has 5 heteroatoms. The molecule has 0 radical (unpaired) electrons. The molecular weight excluding hydrogens is 222 g/mol. The normalized spacial score (nSPS) is 12.5. The van der Waals surface area contributed by atoms with Crippen LogP contribution in [-0.4, -0.2) is 46.1 Å². The first-order chi connectivity index (χ1) is 7.57. The van der Waals surface area contributed by atoms with E-state index in [9.17, 15) is 4.79 Å². The van der Waals surface area contributed by atoms with Crippen LogP contribution in [0.3, 0.4) is 0 Å². The van der Waals surface area contributed by atoms with E-state index in [0.717, 1.165) is 17.9 Å². The molecule has 1 heterocycles. The molecule has 0 aliphatic rings. The third-order valence-corrected chi connectivity index (χ3v) is 3.43. The lowest BCUT2D eigenvalue weighted by Gasteiger charge is -2.24. The topological polar surface area (TPSA) is 49.0 Å². The number of rotatable bonds is 5. The van der Waals surface area contributed by atoms with Crippen molar-refractivity contribution in [1.29, 1.82) is 0 Å². The Balaban J connectivity index is 2.64.